The number of aryl methyl sites for hydroxylation is 2. The molecular formula is C13H24BrN5. The first-order valence-electron chi connectivity index (χ1n) is 6.64. The summed E-state index contributed by atoms with van der Waals surface area (Å²) in [5.41, 5.74) is 7.72. The highest BCUT2D eigenvalue weighted by Crippen LogP contribution is 2.23. The van der Waals surface area contributed by atoms with E-state index in [2.05, 4.69) is 46.7 Å². The van der Waals surface area contributed by atoms with Gasteiger partial charge in [0.25, 0.3) is 0 Å². The van der Waals surface area contributed by atoms with E-state index >= 15 is 0 Å². The van der Waals surface area contributed by atoms with E-state index in [1.165, 1.54) is 5.69 Å². The van der Waals surface area contributed by atoms with Crippen molar-refractivity contribution in [3.63, 3.8) is 0 Å². The summed E-state index contributed by atoms with van der Waals surface area (Å²) in [5.74, 6) is 0.240. The standard InChI is InChI=1S/C13H24BrN5/c1-5-10-13(14)11(18(4)17-10)8-19(9(2)3)7-6-12(15)16/h9H,5-8H2,1-4H3,(H3,15,16). The monoisotopic (exact) mass is 329 g/mol. The third-order valence-electron chi connectivity index (χ3n) is 3.25. The third-order valence-corrected chi connectivity index (χ3v) is 4.17. The molecule has 1 rings (SSSR count). The molecule has 0 atom stereocenters. The van der Waals surface area contributed by atoms with Crippen molar-refractivity contribution >= 4 is 21.8 Å². The van der Waals surface area contributed by atoms with E-state index in [4.69, 9.17) is 11.1 Å². The number of nitrogens with two attached hydrogens (primary N) is 1. The van der Waals surface area contributed by atoms with Crippen molar-refractivity contribution in [1.29, 1.82) is 5.41 Å². The van der Waals surface area contributed by atoms with Gasteiger partial charge in [0.05, 0.1) is 21.7 Å². The van der Waals surface area contributed by atoms with Crippen LogP contribution in [0.15, 0.2) is 4.47 Å². The topological polar surface area (TPSA) is 70.9 Å². The minimum Gasteiger partial charge on any atom is -0.388 e. The van der Waals surface area contributed by atoms with Crippen LogP contribution in [0.25, 0.3) is 0 Å². The quantitative estimate of drug-likeness (QED) is 0.595. The zero-order chi connectivity index (χ0) is 14.6. The smallest absolute Gasteiger partial charge is 0.0918 e. The molecule has 5 nitrogen and oxygen atoms in total. The van der Waals surface area contributed by atoms with Crippen LogP contribution in [0.5, 0.6) is 0 Å². The van der Waals surface area contributed by atoms with Gasteiger partial charge in [0.1, 0.15) is 0 Å². The highest BCUT2D eigenvalue weighted by Gasteiger charge is 2.17. The van der Waals surface area contributed by atoms with Crippen LogP contribution in [0.1, 0.15) is 38.6 Å². The van der Waals surface area contributed by atoms with Crippen LogP contribution in [0, 0.1) is 5.41 Å². The van der Waals surface area contributed by atoms with Crippen LogP contribution < -0.4 is 5.73 Å². The molecule has 108 valence electrons. The normalized spacial score (nSPS) is 11.5. The van der Waals surface area contributed by atoms with Crippen molar-refractivity contribution in [2.75, 3.05) is 6.54 Å². The van der Waals surface area contributed by atoms with Gasteiger partial charge in [0.2, 0.25) is 0 Å². The van der Waals surface area contributed by atoms with E-state index in [0.717, 1.165) is 29.7 Å². The van der Waals surface area contributed by atoms with Crippen LogP contribution in [-0.4, -0.2) is 33.1 Å². The molecule has 0 aliphatic carbocycles. The molecule has 0 spiro atoms. The molecule has 0 amide bonds. The lowest BCUT2D eigenvalue weighted by atomic mass is 10.2. The molecule has 19 heavy (non-hydrogen) atoms. The molecule has 0 aromatic carbocycles. The Morgan fingerprint density at radius 1 is 1.53 bits per heavy atom. The molecule has 1 aromatic rings. The van der Waals surface area contributed by atoms with Gasteiger partial charge in [0.15, 0.2) is 0 Å². The Bertz CT molecular complexity index is 438. The van der Waals surface area contributed by atoms with Gasteiger partial charge in [-0.05, 0) is 36.2 Å². The van der Waals surface area contributed by atoms with Crippen molar-refractivity contribution in [1.82, 2.24) is 14.7 Å². The van der Waals surface area contributed by atoms with Gasteiger partial charge in [0, 0.05) is 32.6 Å². The maximum absolute atomic E-state index is 7.35. The summed E-state index contributed by atoms with van der Waals surface area (Å²) in [5, 5.41) is 11.9. The Hall–Kier alpha value is -0.880. The van der Waals surface area contributed by atoms with E-state index in [9.17, 15) is 0 Å². The predicted molar refractivity (Wildman–Crippen MR) is 82.4 cm³/mol. The maximum Gasteiger partial charge on any atom is 0.0918 e. The minimum absolute atomic E-state index is 0.240. The summed E-state index contributed by atoms with van der Waals surface area (Å²) >= 11 is 3.64. The minimum atomic E-state index is 0.240. The first kappa shape index (κ1) is 16.2. The van der Waals surface area contributed by atoms with Gasteiger partial charge in [-0.15, -0.1) is 0 Å². The zero-order valence-electron chi connectivity index (χ0n) is 12.2. The molecule has 1 aromatic heterocycles. The first-order valence-corrected chi connectivity index (χ1v) is 7.43. The van der Waals surface area contributed by atoms with E-state index in [1.807, 2.05) is 11.7 Å². The summed E-state index contributed by atoms with van der Waals surface area (Å²) in [4.78, 5) is 2.31. The Morgan fingerprint density at radius 3 is 2.58 bits per heavy atom. The lowest BCUT2D eigenvalue weighted by Crippen LogP contribution is -2.34. The highest BCUT2D eigenvalue weighted by atomic mass is 79.9. The van der Waals surface area contributed by atoms with Gasteiger partial charge >= 0.3 is 0 Å². The largest absolute Gasteiger partial charge is 0.388 e. The maximum atomic E-state index is 7.35. The fourth-order valence-corrected chi connectivity index (χ4v) is 2.71. The van der Waals surface area contributed by atoms with E-state index in [-0.39, 0.29) is 5.84 Å². The Labute approximate surface area is 123 Å². The first-order chi connectivity index (χ1) is 8.86. The number of nitrogens with one attached hydrogen (secondary N) is 1. The Morgan fingerprint density at radius 2 is 2.16 bits per heavy atom. The Balaban J connectivity index is 2.84. The lowest BCUT2D eigenvalue weighted by Gasteiger charge is -2.26. The molecule has 0 fully saturated rings. The molecule has 1 heterocycles. The van der Waals surface area contributed by atoms with Crippen molar-refractivity contribution in [3.05, 3.63) is 15.9 Å². The number of nitrogens with zero attached hydrogens (tertiary/aromatic N) is 3. The second-order valence-electron chi connectivity index (χ2n) is 5.02. The second kappa shape index (κ2) is 7.05. The van der Waals surface area contributed by atoms with Gasteiger partial charge in [-0.25, -0.2) is 0 Å². The van der Waals surface area contributed by atoms with E-state index < -0.39 is 0 Å². The molecule has 0 aliphatic heterocycles. The van der Waals surface area contributed by atoms with Crippen molar-refractivity contribution in [2.45, 2.75) is 46.2 Å². The molecule has 3 N–H and O–H groups in total. The molecule has 0 saturated carbocycles. The number of hydrogen-bond acceptors (Lipinski definition) is 3. The second-order valence-corrected chi connectivity index (χ2v) is 5.82. The third kappa shape index (κ3) is 4.31. The van der Waals surface area contributed by atoms with Gasteiger partial charge in [-0.1, -0.05) is 6.92 Å². The fourth-order valence-electron chi connectivity index (χ4n) is 1.97. The summed E-state index contributed by atoms with van der Waals surface area (Å²) in [6.45, 7) is 8.03. The summed E-state index contributed by atoms with van der Waals surface area (Å²) in [6.07, 6.45) is 1.53. The van der Waals surface area contributed by atoms with Crippen LogP contribution in [-0.2, 0) is 20.0 Å². The number of aromatic nitrogens is 2. The fraction of sp³-hybridized carbons (Fsp3) is 0.692. The number of rotatable bonds is 7. The summed E-state index contributed by atoms with van der Waals surface area (Å²) in [7, 11) is 1.97. The van der Waals surface area contributed by atoms with Gasteiger partial charge in [-0.3, -0.25) is 15.0 Å². The lowest BCUT2D eigenvalue weighted by molar-refractivity contribution is 0.213. The van der Waals surface area contributed by atoms with Crippen LogP contribution in [0.2, 0.25) is 0 Å². The predicted octanol–water partition coefficient (Wildman–Crippen LogP) is 2.28. The van der Waals surface area contributed by atoms with Crippen molar-refractivity contribution < 1.29 is 0 Å². The van der Waals surface area contributed by atoms with Crippen molar-refractivity contribution in [3.8, 4) is 0 Å². The summed E-state index contributed by atoms with van der Waals surface area (Å²) < 4.78 is 3.04. The van der Waals surface area contributed by atoms with Gasteiger partial charge in [-0.2, -0.15) is 5.10 Å². The van der Waals surface area contributed by atoms with Gasteiger partial charge < -0.3 is 5.73 Å². The van der Waals surface area contributed by atoms with Crippen molar-refractivity contribution in [2.24, 2.45) is 12.8 Å². The highest BCUT2D eigenvalue weighted by molar-refractivity contribution is 9.10. The van der Waals surface area contributed by atoms with Crippen LogP contribution in [0.3, 0.4) is 0 Å². The number of hydrogen-bond donors (Lipinski definition) is 2. The molecule has 0 saturated heterocycles. The molecule has 0 radical (unpaired) electrons. The number of amidine groups is 1. The average molecular weight is 330 g/mol. The molecular weight excluding hydrogens is 306 g/mol. The molecule has 0 unspecified atom stereocenters. The molecule has 0 aliphatic rings. The zero-order valence-corrected chi connectivity index (χ0v) is 13.8. The van der Waals surface area contributed by atoms with E-state index in [1.54, 1.807) is 0 Å². The van der Waals surface area contributed by atoms with E-state index in [0.29, 0.717) is 12.5 Å². The summed E-state index contributed by atoms with van der Waals surface area (Å²) in [6, 6.07) is 0.409. The average Bonchev–Trinajstić information content (AvgIpc) is 2.60. The SMILES string of the molecule is CCc1nn(C)c(CN(CCC(=N)N)C(C)C)c1Br. The van der Waals surface area contributed by atoms with Crippen LogP contribution in [0.4, 0.5) is 0 Å². The number of halogens is 1. The molecule has 6 heteroatoms. The van der Waals surface area contributed by atoms with Crippen LogP contribution >= 0.6 is 15.9 Å². The Kier molecular flexibility index (Phi) is 6.00. The molecule has 0 bridgehead atoms.